The lowest BCUT2D eigenvalue weighted by atomic mass is 9.87. The third kappa shape index (κ3) is 4.29. The summed E-state index contributed by atoms with van der Waals surface area (Å²) in [5, 5.41) is 0. The highest BCUT2D eigenvalue weighted by Crippen LogP contribution is 2.36. The van der Waals surface area contributed by atoms with Gasteiger partial charge in [0.1, 0.15) is 5.75 Å². The van der Waals surface area contributed by atoms with E-state index < -0.39 is 0 Å². The van der Waals surface area contributed by atoms with Crippen molar-refractivity contribution < 1.29 is 14.3 Å². The summed E-state index contributed by atoms with van der Waals surface area (Å²) in [6, 6.07) is 8.36. The molecule has 0 unspecified atom stereocenters. The molecule has 2 rings (SSSR count). The van der Waals surface area contributed by atoms with Crippen LogP contribution in [0.5, 0.6) is 5.75 Å². The molecular formula is C20H31NO3. The zero-order chi connectivity index (χ0) is 17.9. The van der Waals surface area contributed by atoms with Crippen molar-refractivity contribution in [3.8, 4) is 5.75 Å². The van der Waals surface area contributed by atoms with Gasteiger partial charge in [0.15, 0.2) is 0 Å². The van der Waals surface area contributed by atoms with Gasteiger partial charge < -0.3 is 14.4 Å². The van der Waals surface area contributed by atoms with Crippen molar-refractivity contribution in [1.29, 1.82) is 0 Å². The molecule has 4 heteroatoms. The highest BCUT2D eigenvalue weighted by atomic mass is 16.5. The van der Waals surface area contributed by atoms with E-state index in [0.29, 0.717) is 12.5 Å². The fourth-order valence-corrected chi connectivity index (χ4v) is 3.79. The molecule has 1 amide bonds. The van der Waals surface area contributed by atoms with E-state index in [4.69, 9.17) is 9.47 Å². The Kier molecular flexibility index (Phi) is 5.92. The van der Waals surface area contributed by atoms with Crippen molar-refractivity contribution >= 4 is 5.91 Å². The third-order valence-corrected chi connectivity index (χ3v) is 4.82. The molecule has 1 aromatic rings. The van der Waals surface area contributed by atoms with Crippen LogP contribution in [0.4, 0.5) is 0 Å². The SMILES string of the molecule is COc1ccc([C@H](C(C)C)N(C(C)=O)[C@@H]2CCOC(C)(C)C2)cc1. The molecule has 4 nitrogen and oxygen atoms in total. The fourth-order valence-electron chi connectivity index (χ4n) is 3.79. The van der Waals surface area contributed by atoms with Crippen molar-refractivity contribution in [1.82, 2.24) is 4.90 Å². The molecule has 24 heavy (non-hydrogen) atoms. The lowest BCUT2D eigenvalue weighted by molar-refractivity contribution is -0.143. The molecular weight excluding hydrogens is 302 g/mol. The van der Waals surface area contributed by atoms with Crippen molar-refractivity contribution in [2.45, 2.75) is 65.1 Å². The molecule has 0 radical (unpaired) electrons. The first-order valence-corrected chi connectivity index (χ1v) is 8.82. The van der Waals surface area contributed by atoms with Gasteiger partial charge in [-0.1, -0.05) is 26.0 Å². The number of amides is 1. The van der Waals surface area contributed by atoms with Crippen LogP contribution < -0.4 is 4.74 Å². The van der Waals surface area contributed by atoms with Gasteiger partial charge in [-0.15, -0.1) is 0 Å². The highest BCUT2D eigenvalue weighted by Gasteiger charge is 2.37. The summed E-state index contributed by atoms with van der Waals surface area (Å²) >= 11 is 0. The Labute approximate surface area is 146 Å². The predicted octanol–water partition coefficient (Wildman–Crippen LogP) is 4.20. The standard InChI is InChI=1S/C20H31NO3/c1-14(2)19(16-7-9-18(23-6)10-8-16)21(15(3)22)17-11-12-24-20(4,5)13-17/h7-10,14,17,19H,11-13H2,1-6H3/t17-,19+/m1/s1. The van der Waals surface area contributed by atoms with Crippen LogP contribution in [0.1, 0.15) is 59.1 Å². The quantitative estimate of drug-likeness (QED) is 0.810. The van der Waals surface area contributed by atoms with Crippen LogP contribution in [0, 0.1) is 5.92 Å². The maximum absolute atomic E-state index is 12.6. The number of carbonyl (C=O) groups excluding carboxylic acids is 1. The molecule has 0 N–H and O–H groups in total. The molecule has 1 aliphatic heterocycles. The zero-order valence-electron chi connectivity index (χ0n) is 15.8. The maximum atomic E-state index is 12.6. The Hall–Kier alpha value is -1.55. The van der Waals surface area contributed by atoms with Gasteiger partial charge in [-0.25, -0.2) is 0 Å². The fraction of sp³-hybridized carbons (Fsp3) is 0.650. The minimum absolute atomic E-state index is 0.0623. The first-order valence-electron chi connectivity index (χ1n) is 8.82. The summed E-state index contributed by atoms with van der Waals surface area (Å²) in [6.45, 7) is 10.9. The van der Waals surface area contributed by atoms with Gasteiger partial charge in [0.05, 0.1) is 18.8 Å². The van der Waals surface area contributed by atoms with E-state index in [1.54, 1.807) is 14.0 Å². The Morgan fingerprint density at radius 1 is 1.29 bits per heavy atom. The minimum atomic E-state index is -0.182. The first-order chi connectivity index (χ1) is 11.2. The minimum Gasteiger partial charge on any atom is -0.497 e. The van der Waals surface area contributed by atoms with Gasteiger partial charge >= 0.3 is 0 Å². The normalized spacial score (nSPS) is 21.4. The Morgan fingerprint density at radius 2 is 1.92 bits per heavy atom. The Balaban J connectivity index is 2.35. The van der Waals surface area contributed by atoms with Crippen molar-refractivity contribution in [2.24, 2.45) is 5.92 Å². The summed E-state index contributed by atoms with van der Waals surface area (Å²) in [6.07, 6.45) is 1.76. The van der Waals surface area contributed by atoms with Crippen LogP contribution in [0.15, 0.2) is 24.3 Å². The summed E-state index contributed by atoms with van der Waals surface area (Å²) in [5.74, 6) is 1.29. The number of rotatable bonds is 5. The maximum Gasteiger partial charge on any atom is 0.220 e. The Bertz CT molecular complexity index is 551. The van der Waals surface area contributed by atoms with Gasteiger partial charge in [-0.3, -0.25) is 4.79 Å². The van der Waals surface area contributed by atoms with Crippen molar-refractivity contribution in [3.63, 3.8) is 0 Å². The summed E-state index contributed by atoms with van der Waals surface area (Å²) in [4.78, 5) is 14.6. The monoisotopic (exact) mass is 333 g/mol. The molecule has 1 aliphatic rings. The van der Waals surface area contributed by atoms with Crippen LogP contribution in [-0.2, 0) is 9.53 Å². The molecule has 0 aliphatic carbocycles. The molecule has 134 valence electrons. The van der Waals surface area contributed by atoms with Gasteiger partial charge in [-0.05, 0) is 50.3 Å². The van der Waals surface area contributed by atoms with Crippen LogP contribution in [0.3, 0.4) is 0 Å². The second kappa shape index (κ2) is 7.56. The molecule has 0 aromatic heterocycles. The van der Waals surface area contributed by atoms with E-state index in [9.17, 15) is 4.79 Å². The number of carbonyl (C=O) groups is 1. The van der Waals surface area contributed by atoms with E-state index in [1.807, 2.05) is 12.1 Å². The van der Waals surface area contributed by atoms with Crippen molar-refractivity contribution in [3.05, 3.63) is 29.8 Å². The number of hydrogen-bond acceptors (Lipinski definition) is 3. The van der Waals surface area contributed by atoms with Gasteiger partial charge in [0.25, 0.3) is 0 Å². The number of nitrogens with zero attached hydrogens (tertiary/aromatic N) is 1. The summed E-state index contributed by atoms with van der Waals surface area (Å²) < 4.78 is 11.1. The predicted molar refractivity (Wildman–Crippen MR) is 96.1 cm³/mol. The average Bonchev–Trinajstić information content (AvgIpc) is 2.51. The number of ether oxygens (including phenoxy) is 2. The average molecular weight is 333 g/mol. The zero-order valence-corrected chi connectivity index (χ0v) is 15.8. The van der Waals surface area contributed by atoms with E-state index in [1.165, 1.54) is 0 Å². The largest absolute Gasteiger partial charge is 0.497 e. The highest BCUT2D eigenvalue weighted by molar-refractivity contribution is 5.74. The van der Waals surface area contributed by atoms with E-state index in [-0.39, 0.29) is 23.6 Å². The van der Waals surface area contributed by atoms with Gasteiger partial charge in [-0.2, -0.15) is 0 Å². The molecule has 2 atom stereocenters. The van der Waals surface area contributed by atoms with Crippen LogP contribution >= 0.6 is 0 Å². The third-order valence-electron chi connectivity index (χ3n) is 4.82. The van der Waals surface area contributed by atoms with Gasteiger partial charge in [0, 0.05) is 19.6 Å². The second-order valence-electron chi connectivity index (χ2n) is 7.64. The molecule has 1 fully saturated rings. The van der Waals surface area contributed by atoms with E-state index in [0.717, 1.165) is 24.2 Å². The molecule has 1 aromatic carbocycles. The lowest BCUT2D eigenvalue weighted by Crippen LogP contribution is -2.50. The number of benzene rings is 1. The Morgan fingerprint density at radius 3 is 2.38 bits per heavy atom. The smallest absolute Gasteiger partial charge is 0.220 e. The molecule has 0 saturated carbocycles. The molecule has 1 heterocycles. The van der Waals surface area contributed by atoms with E-state index in [2.05, 4.69) is 44.7 Å². The van der Waals surface area contributed by atoms with Crippen LogP contribution in [0.25, 0.3) is 0 Å². The number of hydrogen-bond donors (Lipinski definition) is 0. The summed E-state index contributed by atoms with van der Waals surface area (Å²) in [7, 11) is 1.67. The van der Waals surface area contributed by atoms with Crippen LogP contribution in [0.2, 0.25) is 0 Å². The molecule has 0 spiro atoms. The second-order valence-corrected chi connectivity index (χ2v) is 7.64. The number of methoxy groups -OCH3 is 1. The molecule has 0 bridgehead atoms. The first kappa shape index (κ1) is 18.8. The van der Waals surface area contributed by atoms with Gasteiger partial charge in [0.2, 0.25) is 5.91 Å². The van der Waals surface area contributed by atoms with Crippen molar-refractivity contribution in [2.75, 3.05) is 13.7 Å². The lowest BCUT2D eigenvalue weighted by Gasteiger charge is -2.45. The topological polar surface area (TPSA) is 38.8 Å². The van der Waals surface area contributed by atoms with E-state index >= 15 is 0 Å². The summed E-state index contributed by atoms with van der Waals surface area (Å²) in [5.41, 5.74) is 0.975. The van der Waals surface area contributed by atoms with Crippen LogP contribution in [-0.4, -0.2) is 36.2 Å². The molecule has 1 saturated heterocycles.